The molecule has 0 aliphatic carbocycles. The lowest BCUT2D eigenvalue weighted by Gasteiger charge is -2.14. The van der Waals surface area contributed by atoms with Gasteiger partial charge in [-0.15, -0.1) is 0 Å². The minimum absolute atomic E-state index is 0.0115. The van der Waals surface area contributed by atoms with Gasteiger partial charge in [0, 0.05) is 16.1 Å². The average molecular weight is 316 g/mol. The third-order valence-electron chi connectivity index (χ3n) is 2.64. The minimum Gasteiger partial charge on any atom is -0.350 e. The van der Waals surface area contributed by atoms with E-state index in [4.69, 9.17) is 0 Å². The molecule has 1 N–H and O–H groups in total. The summed E-state index contributed by atoms with van der Waals surface area (Å²) in [4.78, 5) is 12.1. The van der Waals surface area contributed by atoms with Gasteiger partial charge in [0.15, 0.2) is 0 Å². The van der Waals surface area contributed by atoms with Gasteiger partial charge in [-0.25, -0.2) is 0 Å². The highest BCUT2D eigenvalue weighted by molar-refractivity contribution is 9.10. The number of benzene rings is 1. The molecule has 1 aromatic rings. The van der Waals surface area contributed by atoms with Gasteiger partial charge in [0.1, 0.15) is 0 Å². The highest BCUT2D eigenvalue weighted by atomic mass is 79.9. The highest BCUT2D eigenvalue weighted by Crippen LogP contribution is 2.19. The van der Waals surface area contributed by atoms with Gasteiger partial charge in [0.05, 0.1) is 0 Å². The molecular formula is C13H18BrNOS. The molecule has 1 aromatic carbocycles. The summed E-state index contributed by atoms with van der Waals surface area (Å²) in [6.07, 6.45) is 3.08. The average Bonchev–Trinajstić information content (AvgIpc) is 2.29. The molecule has 0 bridgehead atoms. The second-order valence-corrected chi connectivity index (χ2v) is 5.91. The van der Waals surface area contributed by atoms with E-state index in [-0.39, 0.29) is 11.9 Å². The summed E-state index contributed by atoms with van der Waals surface area (Å²) >= 11 is 5.24. The summed E-state index contributed by atoms with van der Waals surface area (Å²) in [5, 5.41) is 3.03. The molecule has 1 amide bonds. The first-order valence-corrected chi connectivity index (χ1v) is 7.80. The number of carbonyl (C=O) groups excluding carboxylic acids is 1. The minimum atomic E-state index is 0.0115. The number of carbonyl (C=O) groups is 1. The molecule has 0 fully saturated rings. The Morgan fingerprint density at radius 2 is 2.24 bits per heavy atom. The zero-order chi connectivity index (χ0) is 12.8. The predicted molar refractivity (Wildman–Crippen MR) is 78.8 cm³/mol. The van der Waals surface area contributed by atoms with E-state index in [1.807, 2.05) is 32.0 Å². The van der Waals surface area contributed by atoms with Crippen LogP contribution < -0.4 is 5.32 Å². The van der Waals surface area contributed by atoms with Crippen molar-refractivity contribution in [3.63, 3.8) is 0 Å². The molecule has 94 valence electrons. The number of halogens is 1. The highest BCUT2D eigenvalue weighted by Gasteiger charge is 2.12. The van der Waals surface area contributed by atoms with E-state index in [0.29, 0.717) is 0 Å². The van der Waals surface area contributed by atoms with Gasteiger partial charge in [-0.1, -0.05) is 22.0 Å². The Labute approximate surface area is 116 Å². The first-order valence-electron chi connectivity index (χ1n) is 5.61. The quantitative estimate of drug-likeness (QED) is 0.899. The molecule has 0 aliphatic rings. The number of thioether (sulfide) groups is 1. The molecule has 1 unspecified atom stereocenters. The Hall–Kier alpha value is -0.480. The summed E-state index contributed by atoms with van der Waals surface area (Å²) in [7, 11) is 0. The van der Waals surface area contributed by atoms with Crippen LogP contribution in [0.5, 0.6) is 0 Å². The molecule has 4 heteroatoms. The first-order chi connectivity index (χ1) is 8.06. The lowest BCUT2D eigenvalue weighted by Crippen LogP contribution is -2.33. The Morgan fingerprint density at radius 3 is 2.88 bits per heavy atom. The lowest BCUT2D eigenvalue weighted by atomic mass is 10.1. The van der Waals surface area contributed by atoms with Crippen LogP contribution in [0.3, 0.4) is 0 Å². The fourth-order valence-corrected chi connectivity index (χ4v) is 2.48. The van der Waals surface area contributed by atoms with Gasteiger partial charge in [0.2, 0.25) is 0 Å². The Balaban J connectivity index is 2.67. The summed E-state index contributed by atoms with van der Waals surface area (Å²) < 4.78 is 0.974. The summed E-state index contributed by atoms with van der Waals surface area (Å²) in [5.41, 5.74) is 1.73. The van der Waals surface area contributed by atoms with Crippen molar-refractivity contribution in [2.75, 3.05) is 12.0 Å². The number of amides is 1. The second kappa shape index (κ2) is 7.07. The zero-order valence-electron chi connectivity index (χ0n) is 10.4. The van der Waals surface area contributed by atoms with E-state index in [2.05, 4.69) is 27.5 Å². The molecule has 0 heterocycles. The maximum Gasteiger partial charge on any atom is 0.251 e. The molecule has 2 nitrogen and oxygen atoms in total. The predicted octanol–water partition coefficient (Wildman–Crippen LogP) is 3.63. The van der Waals surface area contributed by atoms with Crippen molar-refractivity contribution in [3.05, 3.63) is 33.8 Å². The molecule has 0 saturated carbocycles. The van der Waals surface area contributed by atoms with Gasteiger partial charge in [-0.05, 0) is 50.0 Å². The van der Waals surface area contributed by atoms with Crippen molar-refractivity contribution in [2.45, 2.75) is 26.3 Å². The number of nitrogens with one attached hydrogen (secondary N) is 1. The van der Waals surface area contributed by atoms with E-state index >= 15 is 0 Å². The third-order valence-corrected chi connectivity index (χ3v) is 4.15. The number of hydrogen-bond acceptors (Lipinski definition) is 2. The molecular weight excluding hydrogens is 298 g/mol. The van der Waals surface area contributed by atoms with Gasteiger partial charge in [-0.3, -0.25) is 4.79 Å². The van der Waals surface area contributed by atoms with Crippen molar-refractivity contribution in [1.29, 1.82) is 0 Å². The van der Waals surface area contributed by atoms with Crippen LogP contribution in [0, 0.1) is 6.92 Å². The van der Waals surface area contributed by atoms with Crippen molar-refractivity contribution in [1.82, 2.24) is 5.32 Å². The summed E-state index contributed by atoms with van der Waals surface area (Å²) in [6.45, 7) is 3.99. The summed E-state index contributed by atoms with van der Waals surface area (Å²) in [6, 6.07) is 5.91. The van der Waals surface area contributed by atoms with Crippen LogP contribution in [0.2, 0.25) is 0 Å². The van der Waals surface area contributed by atoms with Gasteiger partial charge in [0.25, 0.3) is 5.91 Å². The fraction of sp³-hybridized carbons (Fsp3) is 0.462. The molecule has 17 heavy (non-hydrogen) atoms. The van der Waals surface area contributed by atoms with Crippen LogP contribution in [-0.4, -0.2) is 24.0 Å². The topological polar surface area (TPSA) is 29.1 Å². The number of rotatable bonds is 5. The van der Waals surface area contributed by atoms with E-state index in [9.17, 15) is 4.79 Å². The monoisotopic (exact) mass is 315 g/mol. The largest absolute Gasteiger partial charge is 0.350 e. The molecule has 1 atom stereocenters. The van der Waals surface area contributed by atoms with Gasteiger partial charge in [-0.2, -0.15) is 11.8 Å². The van der Waals surface area contributed by atoms with Crippen LogP contribution in [0.1, 0.15) is 29.3 Å². The van der Waals surface area contributed by atoms with E-state index < -0.39 is 0 Å². The molecule has 0 aromatic heterocycles. The van der Waals surface area contributed by atoms with Crippen LogP contribution in [0.15, 0.2) is 22.7 Å². The van der Waals surface area contributed by atoms with Gasteiger partial charge < -0.3 is 5.32 Å². The van der Waals surface area contributed by atoms with Crippen LogP contribution in [0.25, 0.3) is 0 Å². The maximum atomic E-state index is 12.1. The van der Waals surface area contributed by atoms with Crippen molar-refractivity contribution >= 4 is 33.6 Å². The van der Waals surface area contributed by atoms with Crippen molar-refractivity contribution in [2.24, 2.45) is 0 Å². The standard InChI is InChI=1S/C13H18BrNOS/c1-9(7-8-17-3)15-13(16)11-5-4-6-12(14)10(11)2/h4-6,9H,7-8H2,1-3H3,(H,15,16). The van der Waals surface area contributed by atoms with Crippen LogP contribution >= 0.6 is 27.7 Å². The SMILES string of the molecule is CSCCC(C)NC(=O)c1cccc(Br)c1C. The first kappa shape index (κ1) is 14.6. The fourth-order valence-electron chi connectivity index (χ4n) is 1.52. The molecule has 0 aliphatic heterocycles. The molecule has 1 rings (SSSR count). The summed E-state index contributed by atoms with van der Waals surface area (Å²) in [5.74, 6) is 1.08. The third kappa shape index (κ3) is 4.36. The van der Waals surface area contributed by atoms with Crippen molar-refractivity contribution in [3.8, 4) is 0 Å². The van der Waals surface area contributed by atoms with Gasteiger partial charge >= 0.3 is 0 Å². The maximum absolute atomic E-state index is 12.1. The van der Waals surface area contributed by atoms with E-state index in [1.165, 1.54) is 0 Å². The molecule has 0 saturated heterocycles. The van der Waals surface area contributed by atoms with E-state index in [0.717, 1.165) is 27.8 Å². The second-order valence-electron chi connectivity index (χ2n) is 4.07. The van der Waals surface area contributed by atoms with Crippen LogP contribution in [0.4, 0.5) is 0 Å². The molecule has 0 spiro atoms. The molecule has 0 radical (unpaired) electrons. The van der Waals surface area contributed by atoms with Crippen molar-refractivity contribution < 1.29 is 4.79 Å². The van der Waals surface area contributed by atoms with Crippen LogP contribution in [-0.2, 0) is 0 Å². The Morgan fingerprint density at radius 1 is 1.53 bits per heavy atom. The lowest BCUT2D eigenvalue weighted by molar-refractivity contribution is 0.0939. The Bertz CT molecular complexity index is 395. The zero-order valence-corrected chi connectivity index (χ0v) is 12.8. The number of hydrogen-bond donors (Lipinski definition) is 1. The Kier molecular flexibility index (Phi) is 6.06. The normalized spacial score (nSPS) is 12.2. The van der Waals surface area contributed by atoms with E-state index in [1.54, 1.807) is 11.8 Å². The smallest absolute Gasteiger partial charge is 0.251 e.